The number of piperidine rings is 1. The zero-order valence-electron chi connectivity index (χ0n) is 11.7. The van der Waals surface area contributed by atoms with Crippen LogP contribution in [0.3, 0.4) is 0 Å². The SMILES string of the molecule is CC1CCCCN1CCNS(=O)(=O)c1ccccc1F. The van der Waals surface area contributed by atoms with E-state index in [0.29, 0.717) is 19.1 Å². The van der Waals surface area contributed by atoms with Gasteiger partial charge in [-0.15, -0.1) is 0 Å². The molecule has 1 aromatic carbocycles. The number of nitrogens with one attached hydrogen (secondary N) is 1. The lowest BCUT2D eigenvalue weighted by molar-refractivity contribution is 0.164. The summed E-state index contributed by atoms with van der Waals surface area (Å²) in [6, 6.07) is 5.91. The van der Waals surface area contributed by atoms with E-state index >= 15 is 0 Å². The molecule has 2 rings (SSSR count). The third-order valence-corrected chi connectivity index (χ3v) is 5.25. The maximum absolute atomic E-state index is 13.5. The number of halogens is 1. The minimum absolute atomic E-state index is 0.285. The van der Waals surface area contributed by atoms with Crippen LogP contribution in [0.4, 0.5) is 4.39 Å². The number of rotatable bonds is 5. The Hall–Kier alpha value is -0.980. The first-order valence-electron chi connectivity index (χ1n) is 6.99. The van der Waals surface area contributed by atoms with Crippen molar-refractivity contribution < 1.29 is 12.8 Å². The molecular formula is C14H21FN2O2S. The fourth-order valence-corrected chi connectivity index (χ4v) is 3.65. The van der Waals surface area contributed by atoms with Gasteiger partial charge in [-0.3, -0.25) is 4.90 Å². The summed E-state index contributed by atoms with van der Waals surface area (Å²) in [7, 11) is -3.76. The third kappa shape index (κ3) is 3.77. The molecule has 0 radical (unpaired) electrons. The largest absolute Gasteiger partial charge is 0.299 e. The first-order chi connectivity index (χ1) is 9.50. The number of likely N-dealkylation sites (tertiary alicyclic amines) is 1. The zero-order chi connectivity index (χ0) is 14.6. The Morgan fingerprint density at radius 1 is 1.35 bits per heavy atom. The molecule has 1 heterocycles. The Balaban J connectivity index is 1.91. The Labute approximate surface area is 120 Å². The van der Waals surface area contributed by atoms with Gasteiger partial charge >= 0.3 is 0 Å². The van der Waals surface area contributed by atoms with E-state index in [9.17, 15) is 12.8 Å². The van der Waals surface area contributed by atoms with Gasteiger partial charge in [0.1, 0.15) is 10.7 Å². The molecule has 20 heavy (non-hydrogen) atoms. The van der Waals surface area contributed by atoms with Gasteiger partial charge < -0.3 is 0 Å². The summed E-state index contributed by atoms with van der Waals surface area (Å²) in [6.45, 7) is 4.13. The standard InChI is InChI=1S/C14H21FN2O2S/c1-12-6-4-5-10-17(12)11-9-16-20(18,19)14-8-3-2-7-13(14)15/h2-3,7-8,12,16H,4-6,9-11H2,1H3. The molecule has 1 saturated heterocycles. The van der Waals surface area contributed by atoms with E-state index in [1.54, 1.807) is 0 Å². The summed E-state index contributed by atoms with van der Waals surface area (Å²) in [4.78, 5) is 1.99. The molecule has 112 valence electrons. The molecular weight excluding hydrogens is 279 g/mol. The molecule has 1 unspecified atom stereocenters. The fraction of sp³-hybridized carbons (Fsp3) is 0.571. The van der Waals surface area contributed by atoms with Crippen molar-refractivity contribution in [1.29, 1.82) is 0 Å². The van der Waals surface area contributed by atoms with E-state index in [1.165, 1.54) is 24.6 Å². The van der Waals surface area contributed by atoms with Crippen LogP contribution < -0.4 is 4.72 Å². The molecule has 6 heteroatoms. The highest BCUT2D eigenvalue weighted by Crippen LogP contribution is 2.16. The summed E-state index contributed by atoms with van der Waals surface area (Å²) in [5.41, 5.74) is 0. The fourth-order valence-electron chi connectivity index (χ4n) is 2.55. The lowest BCUT2D eigenvalue weighted by atomic mass is 10.0. The summed E-state index contributed by atoms with van der Waals surface area (Å²) in [6.07, 6.45) is 3.54. The molecule has 1 atom stereocenters. The van der Waals surface area contributed by atoms with Crippen molar-refractivity contribution in [3.63, 3.8) is 0 Å². The van der Waals surface area contributed by atoms with E-state index in [4.69, 9.17) is 0 Å². The summed E-state index contributed by atoms with van der Waals surface area (Å²) < 4.78 is 40.0. The molecule has 0 spiro atoms. The predicted molar refractivity (Wildman–Crippen MR) is 76.5 cm³/mol. The van der Waals surface area contributed by atoms with Gasteiger partial charge in [0.2, 0.25) is 10.0 Å². The van der Waals surface area contributed by atoms with Crippen LogP contribution in [0.5, 0.6) is 0 Å². The summed E-state index contributed by atoms with van der Waals surface area (Å²) >= 11 is 0. The van der Waals surface area contributed by atoms with Crippen molar-refractivity contribution >= 4 is 10.0 Å². The molecule has 1 aliphatic rings. The van der Waals surface area contributed by atoms with Crippen LogP contribution >= 0.6 is 0 Å². The molecule has 0 aliphatic carbocycles. The third-order valence-electron chi connectivity index (χ3n) is 3.76. The van der Waals surface area contributed by atoms with Crippen molar-refractivity contribution in [2.24, 2.45) is 0 Å². The molecule has 0 saturated carbocycles. The molecule has 0 bridgehead atoms. The van der Waals surface area contributed by atoms with E-state index < -0.39 is 15.8 Å². The number of hydrogen-bond acceptors (Lipinski definition) is 3. The van der Waals surface area contributed by atoms with Gasteiger partial charge in [0.25, 0.3) is 0 Å². The molecule has 1 aromatic rings. The monoisotopic (exact) mass is 300 g/mol. The second kappa shape index (κ2) is 6.65. The highest BCUT2D eigenvalue weighted by molar-refractivity contribution is 7.89. The topological polar surface area (TPSA) is 49.4 Å². The minimum atomic E-state index is -3.76. The average molecular weight is 300 g/mol. The highest BCUT2D eigenvalue weighted by atomic mass is 32.2. The van der Waals surface area contributed by atoms with Crippen molar-refractivity contribution in [2.45, 2.75) is 37.1 Å². The van der Waals surface area contributed by atoms with Crippen molar-refractivity contribution in [2.75, 3.05) is 19.6 Å². The van der Waals surface area contributed by atoms with E-state index in [1.807, 2.05) is 0 Å². The Morgan fingerprint density at radius 2 is 2.10 bits per heavy atom. The van der Waals surface area contributed by atoms with Crippen LogP contribution in [0.25, 0.3) is 0 Å². The molecule has 1 aliphatic heterocycles. The number of sulfonamides is 1. The van der Waals surface area contributed by atoms with Crippen LogP contribution in [0.1, 0.15) is 26.2 Å². The van der Waals surface area contributed by atoms with Gasteiger partial charge in [0.05, 0.1) is 0 Å². The Kier molecular flexibility index (Phi) is 5.12. The smallest absolute Gasteiger partial charge is 0.243 e. The second-order valence-electron chi connectivity index (χ2n) is 5.21. The average Bonchev–Trinajstić information content (AvgIpc) is 2.41. The van der Waals surface area contributed by atoms with Crippen molar-refractivity contribution in [3.05, 3.63) is 30.1 Å². The molecule has 1 fully saturated rings. The lowest BCUT2D eigenvalue weighted by Crippen LogP contribution is -2.42. The van der Waals surface area contributed by atoms with Gasteiger partial charge in [-0.25, -0.2) is 17.5 Å². The minimum Gasteiger partial charge on any atom is -0.299 e. The summed E-state index contributed by atoms with van der Waals surface area (Å²) in [5, 5.41) is 0. The lowest BCUT2D eigenvalue weighted by Gasteiger charge is -2.33. The van der Waals surface area contributed by atoms with Crippen LogP contribution in [0, 0.1) is 5.82 Å². The Morgan fingerprint density at radius 3 is 2.80 bits per heavy atom. The number of hydrogen-bond donors (Lipinski definition) is 1. The van der Waals surface area contributed by atoms with E-state index in [0.717, 1.165) is 25.5 Å². The maximum Gasteiger partial charge on any atom is 0.243 e. The first-order valence-corrected chi connectivity index (χ1v) is 8.47. The van der Waals surface area contributed by atoms with Gasteiger partial charge in [-0.2, -0.15) is 0 Å². The molecule has 4 nitrogen and oxygen atoms in total. The van der Waals surface area contributed by atoms with Crippen LogP contribution in [0.15, 0.2) is 29.2 Å². The van der Waals surface area contributed by atoms with Gasteiger partial charge in [0, 0.05) is 19.1 Å². The number of benzene rings is 1. The quantitative estimate of drug-likeness (QED) is 0.904. The van der Waals surface area contributed by atoms with E-state index in [2.05, 4.69) is 16.5 Å². The predicted octanol–water partition coefficient (Wildman–Crippen LogP) is 1.98. The summed E-state index contributed by atoms with van der Waals surface area (Å²) in [5.74, 6) is -0.716. The van der Waals surface area contributed by atoms with E-state index in [-0.39, 0.29) is 4.90 Å². The van der Waals surface area contributed by atoms with Crippen molar-refractivity contribution in [3.8, 4) is 0 Å². The Bertz CT molecular complexity index is 548. The zero-order valence-corrected chi connectivity index (χ0v) is 12.5. The molecule has 1 N–H and O–H groups in total. The molecule has 0 amide bonds. The maximum atomic E-state index is 13.5. The van der Waals surface area contributed by atoms with Crippen LogP contribution in [-0.4, -0.2) is 39.0 Å². The van der Waals surface area contributed by atoms with Crippen LogP contribution in [0.2, 0.25) is 0 Å². The molecule has 0 aromatic heterocycles. The first kappa shape index (κ1) is 15.4. The van der Waals surface area contributed by atoms with Crippen molar-refractivity contribution in [1.82, 2.24) is 9.62 Å². The van der Waals surface area contributed by atoms with Crippen LogP contribution in [-0.2, 0) is 10.0 Å². The second-order valence-corrected chi connectivity index (χ2v) is 6.94. The van der Waals surface area contributed by atoms with Gasteiger partial charge in [0.15, 0.2) is 0 Å². The highest BCUT2D eigenvalue weighted by Gasteiger charge is 2.20. The number of nitrogens with zero attached hydrogens (tertiary/aromatic N) is 1. The normalized spacial score (nSPS) is 21.0. The van der Waals surface area contributed by atoms with Gasteiger partial charge in [-0.05, 0) is 38.4 Å². The van der Waals surface area contributed by atoms with Gasteiger partial charge in [-0.1, -0.05) is 18.6 Å².